The van der Waals surface area contributed by atoms with Gasteiger partial charge in [0.2, 0.25) is 0 Å². The predicted molar refractivity (Wildman–Crippen MR) is 245 cm³/mol. The van der Waals surface area contributed by atoms with Crippen molar-refractivity contribution in [1.82, 2.24) is 0 Å². The number of benzene rings is 8. The van der Waals surface area contributed by atoms with E-state index in [9.17, 15) is 62.1 Å². The summed E-state index contributed by atoms with van der Waals surface area (Å²) in [7, 11) is -18.3. The molecule has 2 N–H and O–H groups in total. The van der Waals surface area contributed by atoms with E-state index >= 15 is 0 Å². The van der Waals surface area contributed by atoms with Crippen LogP contribution in [0.2, 0.25) is 0 Å². The van der Waals surface area contributed by atoms with Crippen molar-refractivity contribution < 1.29 is 190 Å². The Balaban J connectivity index is 0.00000296. The van der Waals surface area contributed by atoms with Gasteiger partial charge >= 0.3 is 118 Å². The molecule has 0 aliphatic heterocycles. The fraction of sp³-hybridized carbons (Fsp3) is 0.0455. The quantitative estimate of drug-likeness (QED) is 0.0665. The van der Waals surface area contributed by atoms with Crippen LogP contribution in [0.15, 0.2) is 172 Å². The standard InChI is InChI=1S/C44H32N6O16S4.4Na/c1-65-33-19-23(24-14-16-32(34(20-24)66-2)48-50-42-38(70(62,63)64)22-26-8-6-12-36(68(56,57)58)40(26)44(42)52)13-15-31(33)47-45-29-17-18-30(28-10-4-3-9-27(28)29)46-49-41-37(69(59,60)61)21-25-7-5-11-35(67(53,54)55)39(25)43(41)51;;;;/h3-22,51-52H,1-2H3,(H,53,54,55)(H,56,57,58)(H,59,60,61)(H,62,63,64);;;;/q;4*+1/p-4. The first-order valence-corrected chi connectivity index (χ1v) is 25.2. The fourth-order valence-electron chi connectivity index (χ4n) is 7.36. The molecule has 0 heterocycles. The molecule has 8 rings (SSSR count). The van der Waals surface area contributed by atoms with Gasteiger partial charge < -0.3 is 37.9 Å². The van der Waals surface area contributed by atoms with E-state index in [4.69, 9.17) is 9.47 Å². The van der Waals surface area contributed by atoms with Crippen LogP contribution in [0.1, 0.15) is 0 Å². The van der Waals surface area contributed by atoms with Crippen LogP contribution in [0.5, 0.6) is 23.0 Å². The second kappa shape index (κ2) is 24.7. The van der Waals surface area contributed by atoms with Gasteiger partial charge in [-0.05, 0) is 82.6 Å². The van der Waals surface area contributed by atoms with Gasteiger partial charge in [-0.3, -0.25) is 0 Å². The number of ether oxygens (including phenoxy) is 2. The second-order valence-electron chi connectivity index (χ2n) is 14.7. The first-order chi connectivity index (χ1) is 33.0. The van der Waals surface area contributed by atoms with Crippen molar-refractivity contribution in [2.75, 3.05) is 14.2 Å². The zero-order chi connectivity index (χ0) is 50.5. The van der Waals surface area contributed by atoms with E-state index in [0.29, 0.717) is 27.6 Å². The Hall–Kier alpha value is -3.82. The van der Waals surface area contributed by atoms with Crippen molar-refractivity contribution in [3.05, 3.63) is 121 Å². The molecule has 358 valence electrons. The summed E-state index contributed by atoms with van der Waals surface area (Å²) < 4.78 is 157. The van der Waals surface area contributed by atoms with E-state index in [2.05, 4.69) is 30.7 Å². The van der Waals surface area contributed by atoms with Crippen molar-refractivity contribution in [3.63, 3.8) is 0 Å². The first kappa shape index (κ1) is 62.7. The van der Waals surface area contributed by atoms with E-state index in [0.717, 1.165) is 36.4 Å². The zero-order valence-corrected chi connectivity index (χ0v) is 50.7. The van der Waals surface area contributed by atoms with Crippen molar-refractivity contribution in [2.45, 2.75) is 19.6 Å². The van der Waals surface area contributed by atoms with Gasteiger partial charge in [-0.25, -0.2) is 33.7 Å². The summed E-state index contributed by atoms with van der Waals surface area (Å²) in [5, 5.41) is 45.9. The van der Waals surface area contributed by atoms with Crippen LogP contribution < -0.4 is 128 Å². The maximum Gasteiger partial charge on any atom is 1.00 e. The number of aromatic hydroxyl groups is 2. The molecule has 0 radical (unpaired) electrons. The number of rotatable bonds is 13. The van der Waals surface area contributed by atoms with E-state index in [1.807, 2.05) is 0 Å². The van der Waals surface area contributed by atoms with E-state index < -0.39 is 93.7 Å². The number of fused-ring (bicyclic) bond motifs is 3. The summed E-state index contributed by atoms with van der Waals surface area (Å²) in [4.78, 5) is -3.81. The molecule has 8 aromatic rings. The Kier molecular flexibility index (Phi) is 20.9. The molecule has 0 amide bonds. The van der Waals surface area contributed by atoms with Gasteiger partial charge in [-0.1, -0.05) is 60.7 Å². The largest absolute Gasteiger partial charge is 1.00 e. The molecule has 0 saturated heterocycles. The Morgan fingerprint density at radius 2 is 0.716 bits per heavy atom. The third-order valence-electron chi connectivity index (χ3n) is 10.5. The Morgan fingerprint density at radius 1 is 0.392 bits per heavy atom. The summed E-state index contributed by atoms with van der Waals surface area (Å²) in [6, 6.07) is 27.0. The molecular weight excluding hydrogens is 1090 g/mol. The van der Waals surface area contributed by atoms with Gasteiger partial charge in [-0.2, -0.15) is 0 Å². The average molecular weight is 1120 g/mol. The number of hydrogen-bond acceptors (Lipinski definition) is 22. The van der Waals surface area contributed by atoms with Gasteiger partial charge in [0.05, 0.1) is 45.2 Å². The van der Waals surface area contributed by atoms with Gasteiger partial charge in [0.25, 0.3) is 0 Å². The van der Waals surface area contributed by atoms with Crippen molar-refractivity contribution in [3.8, 4) is 34.1 Å². The molecule has 0 spiro atoms. The molecule has 74 heavy (non-hydrogen) atoms. The Bertz CT molecular complexity index is 4100. The molecule has 0 fully saturated rings. The normalized spacial score (nSPS) is 12.1. The summed E-state index contributed by atoms with van der Waals surface area (Å²) in [5.41, 5.74) is -0.0748. The fourth-order valence-corrected chi connectivity index (χ4v) is 10.1. The second-order valence-corrected chi connectivity index (χ2v) is 20.1. The molecule has 0 aliphatic carbocycles. The number of phenolic OH excluding ortho intramolecular Hbond substituents is 2. The average Bonchev–Trinajstić information content (AvgIpc) is 3.31. The summed E-state index contributed by atoms with van der Waals surface area (Å²) in [6.45, 7) is 0. The minimum absolute atomic E-state index is 0. The van der Waals surface area contributed by atoms with E-state index in [1.54, 1.807) is 48.5 Å². The van der Waals surface area contributed by atoms with E-state index in [1.165, 1.54) is 50.6 Å². The molecule has 30 heteroatoms. The topological polar surface area (TPSA) is 362 Å². The number of phenols is 2. The molecule has 0 saturated carbocycles. The third kappa shape index (κ3) is 13.1. The van der Waals surface area contributed by atoms with Gasteiger partial charge in [-0.15, -0.1) is 30.7 Å². The van der Waals surface area contributed by atoms with Gasteiger partial charge in [0.1, 0.15) is 74.7 Å². The zero-order valence-electron chi connectivity index (χ0n) is 39.5. The number of azo groups is 3. The molecule has 22 nitrogen and oxygen atoms in total. The Morgan fingerprint density at radius 3 is 1.07 bits per heavy atom. The monoisotopic (exact) mass is 1120 g/mol. The molecule has 0 unspecified atom stereocenters. The molecule has 0 bridgehead atoms. The predicted octanol–water partition coefficient (Wildman–Crippen LogP) is -2.88. The maximum absolute atomic E-state index is 12.3. The van der Waals surface area contributed by atoms with Crippen LogP contribution in [0.3, 0.4) is 0 Å². The van der Waals surface area contributed by atoms with Crippen LogP contribution in [-0.2, 0) is 40.5 Å². The van der Waals surface area contributed by atoms with Gasteiger partial charge in [0.15, 0.2) is 11.5 Å². The Labute approximate surface area is 510 Å². The molecule has 8 aromatic carbocycles. The summed E-state index contributed by atoms with van der Waals surface area (Å²) in [5.74, 6) is -1.84. The third-order valence-corrected chi connectivity index (χ3v) is 14.0. The minimum atomic E-state index is -5.33. The van der Waals surface area contributed by atoms with Crippen LogP contribution in [-0.4, -0.2) is 76.3 Å². The summed E-state index contributed by atoms with van der Waals surface area (Å²) in [6.07, 6.45) is 0. The maximum atomic E-state index is 12.3. The smallest absolute Gasteiger partial charge is 0.744 e. The molecule has 0 aromatic heterocycles. The van der Waals surface area contributed by atoms with Crippen LogP contribution in [0, 0.1) is 0 Å². The number of hydrogen-bond donors (Lipinski definition) is 2. The van der Waals surface area contributed by atoms with Crippen molar-refractivity contribution >= 4 is 107 Å². The number of nitrogens with zero attached hydrogens (tertiary/aromatic N) is 6. The van der Waals surface area contributed by atoms with Crippen LogP contribution in [0.25, 0.3) is 43.4 Å². The van der Waals surface area contributed by atoms with Crippen LogP contribution >= 0.6 is 0 Å². The summed E-state index contributed by atoms with van der Waals surface area (Å²) >= 11 is 0. The van der Waals surface area contributed by atoms with E-state index in [-0.39, 0.29) is 158 Å². The van der Waals surface area contributed by atoms with Crippen LogP contribution in [0.4, 0.5) is 34.1 Å². The molecule has 0 aliphatic rings. The van der Waals surface area contributed by atoms with Gasteiger partial charge in [0, 0.05) is 21.5 Å². The first-order valence-electron chi connectivity index (χ1n) is 19.5. The molecule has 0 atom stereocenters. The van der Waals surface area contributed by atoms with Crippen molar-refractivity contribution in [2.24, 2.45) is 30.7 Å². The molecular formula is C44H28N6Na4O16S4. The number of methoxy groups -OCH3 is 2. The van der Waals surface area contributed by atoms with Crippen molar-refractivity contribution in [1.29, 1.82) is 0 Å². The SMILES string of the molecule is COc1cc(-c2ccc(N=Nc3ccc(N=Nc4c(S(=O)(=O)[O-])cc5cccc(S(=O)(=O)[O-])c5c4O)c4ccccc34)c(OC)c2)ccc1N=Nc1c(S(=O)(=O)[O-])cc2cccc(S(=O)(=O)[O-])c2c1O.[Na+].[Na+].[Na+].[Na+]. The minimum Gasteiger partial charge on any atom is -0.744 e.